The minimum atomic E-state index is -0.461. The highest BCUT2D eigenvalue weighted by atomic mass is 35.5. The van der Waals surface area contributed by atoms with E-state index in [4.69, 9.17) is 32.5 Å². The van der Waals surface area contributed by atoms with E-state index in [-0.39, 0.29) is 28.7 Å². The summed E-state index contributed by atoms with van der Waals surface area (Å²) in [6, 6.07) is 4.98. The van der Waals surface area contributed by atoms with Gasteiger partial charge in [0.25, 0.3) is 0 Å². The van der Waals surface area contributed by atoms with Crippen molar-refractivity contribution in [2.75, 3.05) is 12.4 Å². The fourth-order valence-electron chi connectivity index (χ4n) is 1.91. The third-order valence-corrected chi connectivity index (χ3v) is 4.37. The summed E-state index contributed by atoms with van der Waals surface area (Å²) < 4.78 is 9.92. The highest BCUT2D eigenvalue weighted by Gasteiger charge is 2.25. The zero-order valence-corrected chi connectivity index (χ0v) is 14.7. The Morgan fingerprint density at radius 3 is 2.57 bits per heavy atom. The van der Waals surface area contributed by atoms with Gasteiger partial charge in [-0.15, -0.1) is 0 Å². The van der Waals surface area contributed by atoms with Crippen molar-refractivity contribution < 1.29 is 18.8 Å². The van der Waals surface area contributed by atoms with Gasteiger partial charge in [-0.2, -0.15) is 0 Å². The maximum absolute atomic E-state index is 12.4. The van der Waals surface area contributed by atoms with Crippen molar-refractivity contribution in [2.24, 2.45) is 0 Å². The number of esters is 1. The van der Waals surface area contributed by atoms with Crippen LogP contribution in [0.2, 0.25) is 10.0 Å². The average Bonchev–Trinajstić information content (AvgIpc) is 2.87. The summed E-state index contributed by atoms with van der Waals surface area (Å²) in [6.07, 6.45) is 0. The molecule has 23 heavy (non-hydrogen) atoms. The minimum Gasteiger partial charge on any atom is -0.465 e. The number of rotatable bonds is 5. The number of hydrogen-bond donors (Lipinski definition) is 0. The van der Waals surface area contributed by atoms with Crippen LogP contribution in [0, 0.1) is 6.92 Å². The number of aromatic nitrogens is 1. The minimum absolute atomic E-state index is 0.0903. The molecule has 8 heteroatoms. The molecular weight excluding hydrogens is 361 g/mol. The summed E-state index contributed by atoms with van der Waals surface area (Å²) in [5.41, 5.74) is 0.932. The molecule has 0 spiro atoms. The first kappa shape index (κ1) is 17.8. The highest BCUT2D eigenvalue weighted by molar-refractivity contribution is 8.14. The lowest BCUT2D eigenvalue weighted by Crippen LogP contribution is -2.09. The molecule has 1 heterocycles. The fourth-order valence-corrected chi connectivity index (χ4v) is 3.20. The van der Waals surface area contributed by atoms with E-state index in [9.17, 15) is 9.59 Å². The predicted molar refractivity (Wildman–Crippen MR) is 90.1 cm³/mol. The van der Waals surface area contributed by atoms with Crippen LogP contribution in [0.1, 0.15) is 23.0 Å². The largest absolute Gasteiger partial charge is 0.465 e. The van der Waals surface area contributed by atoms with Crippen LogP contribution < -0.4 is 0 Å². The molecule has 5 nitrogen and oxygen atoms in total. The summed E-state index contributed by atoms with van der Waals surface area (Å²) >= 11 is 13.1. The van der Waals surface area contributed by atoms with Crippen LogP contribution in [-0.4, -0.2) is 28.6 Å². The fraction of sp³-hybridized carbons (Fsp3) is 0.267. The third-order valence-electron chi connectivity index (χ3n) is 2.89. The molecule has 0 N–H and O–H groups in total. The van der Waals surface area contributed by atoms with Gasteiger partial charge in [-0.3, -0.25) is 9.59 Å². The molecule has 0 amide bonds. The predicted octanol–water partition coefficient (Wildman–Crippen LogP) is 4.39. The van der Waals surface area contributed by atoms with Crippen LogP contribution in [-0.2, 0) is 9.53 Å². The Bertz CT molecular complexity index is 725. The Balaban J connectivity index is 2.32. The molecule has 0 atom stereocenters. The monoisotopic (exact) mass is 373 g/mol. The number of halogens is 2. The van der Waals surface area contributed by atoms with E-state index >= 15 is 0 Å². The van der Waals surface area contributed by atoms with Crippen LogP contribution in [0.3, 0.4) is 0 Å². The molecule has 1 aromatic carbocycles. The van der Waals surface area contributed by atoms with Crippen molar-refractivity contribution in [3.8, 4) is 11.3 Å². The first-order valence-electron chi connectivity index (χ1n) is 6.69. The molecule has 0 saturated carbocycles. The number of aryl methyl sites for hydroxylation is 1. The summed E-state index contributed by atoms with van der Waals surface area (Å²) in [7, 11) is 0. The maximum atomic E-state index is 12.4. The Morgan fingerprint density at radius 1 is 1.30 bits per heavy atom. The van der Waals surface area contributed by atoms with Crippen molar-refractivity contribution in [1.29, 1.82) is 0 Å². The number of thioether (sulfide) groups is 1. The maximum Gasteiger partial charge on any atom is 0.316 e. The summed E-state index contributed by atoms with van der Waals surface area (Å²) in [5.74, 6) is -0.220. The van der Waals surface area contributed by atoms with Gasteiger partial charge in [0.1, 0.15) is 11.5 Å². The average molecular weight is 374 g/mol. The van der Waals surface area contributed by atoms with Gasteiger partial charge in [0.05, 0.1) is 28.0 Å². The summed E-state index contributed by atoms with van der Waals surface area (Å²) in [5, 5.41) is 4.25. The van der Waals surface area contributed by atoms with Crippen molar-refractivity contribution >= 4 is 46.0 Å². The number of hydrogen-bond acceptors (Lipinski definition) is 6. The molecule has 2 aromatic rings. The SMILES string of the molecule is CCOC(=O)CSC(=O)c1c(-c2c(Cl)cccc2Cl)noc1C. The normalized spacial score (nSPS) is 10.6. The molecule has 122 valence electrons. The molecule has 0 saturated heterocycles. The van der Waals surface area contributed by atoms with Gasteiger partial charge < -0.3 is 9.26 Å². The van der Waals surface area contributed by atoms with Crippen LogP contribution in [0.15, 0.2) is 22.7 Å². The number of nitrogens with zero attached hydrogens (tertiary/aromatic N) is 1. The van der Waals surface area contributed by atoms with E-state index in [2.05, 4.69) is 5.16 Å². The second-order valence-electron chi connectivity index (χ2n) is 4.44. The number of benzene rings is 1. The van der Waals surface area contributed by atoms with Gasteiger partial charge in [0.2, 0.25) is 5.12 Å². The number of carbonyl (C=O) groups excluding carboxylic acids is 2. The van der Waals surface area contributed by atoms with E-state index in [0.29, 0.717) is 21.4 Å². The Morgan fingerprint density at radius 2 is 1.96 bits per heavy atom. The van der Waals surface area contributed by atoms with Crippen LogP contribution in [0.4, 0.5) is 0 Å². The lowest BCUT2D eigenvalue weighted by molar-refractivity contribution is -0.139. The highest BCUT2D eigenvalue weighted by Crippen LogP contribution is 2.37. The molecule has 0 bridgehead atoms. The van der Waals surface area contributed by atoms with Crippen molar-refractivity contribution in [1.82, 2.24) is 5.16 Å². The first-order valence-corrected chi connectivity index (χ1v) is 8.43. The van der Waals surface area contributed by atoms with E-state index in [1.54, 1.807) is 32.0 Å². The van der Waals surface area contributed by atoms with E-state index in [0.717, 1.165) is 11.8 Å². The molecule has 0 aliphatic heterocycles. The smallest absolute Gasteiger partial charge is 0.316 e. The van der Waals surface area contributed by atoms with Crippen LogP contribution in [0.5, 0.6) is 0 Å². The molecule has 0 aliphatic rings. The second-order valence-corrected chi connectivity index (χ2v) is 6.20. The van der Waals surface area contributed by atoms with E-state index in [1.807, 2.05) is 0 Å². The van der Waals surface area contributed by atoms with Gasteiger partial charge in [-0.1, -0.05) is 46.2 Å². The van der Waals surface area contributed by atoms with Crippen molar-refractivity contribution in [3.63, 3.8) is 0 Å². The topological polar surface area (TPSA) is 69.4 Å². The Kier molecular flexibility index (Phi) is 6.10. The number of ether oxygens (including phenoxy) is 1. The summed E-state index contributed by atoms with van der Waals surface area (Å²) in [6.45, 7) is 3.58. The van der Waals surface area contributed by atoms with Gasteiger partial charge in [-0.25, -0.2) is 0 Å². The molecule has 1 aromatic heterocycles. The van der Waals surface area contributed by atoms with Crippen molar-refractivity contribution in [2.45, 2.75) is 13.8 Å². The van der Waals surface area contributed by atoms with E-state index in [1.165, 1.54) is 0 Å². The molecule has 0 radical (unpaired) electrons. The Hall–Kier alpha value is -1.50. The standard InChI is InChI=1S/C15H13Cl2NO4S/c1-3-21-11(19)7-23-15(20)12-8(2)22-18-14(12)13-9(16)5-4-6-10(13)17/h4-6H,3,7H2,1-2H3. The van der Waals surface area contributed by atoms with Crippen LogP contribution >= 0.6 is 35.0 Å². The van der Waals surface area contributed by atoms with Gasteiger partial charge >= 0.3 is 5.97 Å². The van der Waals surface area contributed by atoms with E-state index < -0.39 is 5.97 Å². The van der Waals surface area contributed by atoms with Gasteiger partial charge in [-0.05, 0) is 26.0 Å². The molecule has 0 unspecified atom stereocenters. The van der Waals surface area contributed by atoms with Crippen LogP contribution in [0.25, 0.3) is 11.3 Å². The quantitative estimate of drug-likeness (QED) is 0.723. The summed E-state index contributed by atoms with van der Waals surface area (Å²) in [4.78, 5) is 23.8. The Labute approximate surface area is 147 Å². The molecule has 2 rings (SSSR count). The number of carbonyl (C=O) groups is 2. The molecular formula is C15H13Cl2NO4S. The zero-order valence-electron chi connectivity index (χ0n) is 12.4. The molecule has 0 fully saturated rings. The first-order chi connectivity index (χ1) is 11.0. The lowest BCUT2D eigenvalue weighted by atomic mass is 10.1. The third kappa shape index (κ3) is 4.07. The lowest BCUT2D eigenvalue weighted by Gasteiger charge is -2.06. The zero-order chi connectivity index (χ0) is 17.0. The van der Waals surface area contributed by atoms with Gasteiger partial charge in [0.15, 0.2) is 0 Å². The van der Waals surface area contributed by atoms with Gasteiger partial charge in [0, 0.05) is 5.56 Å². The molecule has 0 aliphatic carbocycles. The van der Waals surface area contributed by atoms with Crippen molar-refractivity contribution in [3.05, 3.63) is 39.6 Å². The second kappa shape index (κ2) is 7.86.